The molecule has 4 aromatic rings. The Morgan fingerprint density at radius 1 is 1.10 bits per heavy atom. The molecule has 2 aromatic heterocycles. The summed E-state index contributed by atoms with van der Waals surface area (Å²) in [4.78, 5) is 44.1. The highest BCUT2D eigenvalue weighted by molar-refractivity contribution is 7.99. The fourth-order valence-corrected chi connectivity index (χ4v) is 4.21. The monoisotopic (exact) mass is 454 g/mol. The number of thioether (sulfide) groups is 1. The molecule has 0 aliphatic heterocycles. The van der Waals surface area contributed by atoms with Crippen LogP contribution in [0.4, 0.5) is 0 Å². The first-order chi connectivity index (χ1) is 14.8. The number of imidazole rings is 1. The number of hydrogen-bond acceptors (Lipinski definition) is 5. The number of aryl methyl sites for hydroxylation is 2. The quantitative estimate of drug-likeness (QED) is 0.356. The molecule has 0 atom stereocenters. The highest BCUT2D eigenvalue weighted by Crippen LogP contribution is 2.24. The van der Waals surface area contributed by atoms with Gasteiger partial charge in [0.05, 0.1) is 12.3 Å². The van der Waals surface area contributed by atoms with Crippen LogP contribution in [-0.2, 0) is 13.6 Å². The van der Waals surface area contributed by atoms with Crippen LogP contribution in [0.3, 0.4) is 0 Å². The molecule has 0 unspecified atom stereocenters. The second-order valence-electron chi connectivity index (χ2n) is 7.18. The van der Waals surface area contributed by atoms with E-state index in [1.807, 2.05) is 31.2 Å². The molecule has 0 amide bonds. The van der Waals surface area contributed by atoms with Gasteiger partial charge >= 0.3 is 5.69 Å². The van der Waals surface area contributed by atoms with Gasteiger partial charge in [0.15, 0.2) is 22.1 Å². The van der Waals surface area contributed by atoms with Crippen molar-refractivity contribution in [2.45, 2.75) is 18.6 Å². The van der Waals surface area contributed by atoms with Crippen molar-refractivity contribution in [1.82, 2.24) is 19.1 Å². The number of carbonyl (C=O) groups excluding carboxylic acids is 1. The number of aromatic amines is 1. The molecular formula is C22H19ClN4O3S. The van der Waals surface area contributed by atoms with Crippen molar-refractivity contribution < 1.29 is 4.79 Å². The third kappa shape index (κ3) is 4.35. The summed E-state index contributed by atoms with van der Waals surface area (Å²) < 4.78 is 3.05. The minimum atomic E-state index is -0.536. The first-order valence-electron chi connectivity index (χ1n) is 9.50. The van der Waals surface area contributed by atoms with Crippen LogP contribution in [0.25, 0.3) is 11.2 Å². The van der Waals surface area contributed by atoms with Crippen LogP contribution >= 0.6 is 23.4 Å². The maximum Gasteiger partial charge on any atom is 0.329 e. The van der Waals surface area contributed by atoms with Gasteiger partial charge in [-0.2, -0.15) is 0 Å². The lowest BCUT2D eigenvalue weighted by Crippen LogP contribution is -2.29. The first kappa shape index (κ1) is 21.1. The van der Waals surface area contributed by atoms with Crippen LogP contribution in [0, 0.1) is 6.92 Å². The zero-order chi connectivity index (χ0) is 22.1. The van der Waals surface area contributed by atoms with Crippen molar-refractivity contribution in [3.63, 3.8) is 0 Å². The normalized spacial score (nSPS) is 11.2. The largest absolute Gasteiger partial charge is 0.329 e. The molecule has 158 valence electrons. The van der Waals surface area contributed by atoms with E-state index in [-0.39, 0.29) is 17.2 Å². The predicted molar refractivity (Wildman–Crippen MR) is 122 cm³/mol. The Morgan fingerprint density at radius 2 is 1.77 bits per heavy atom. The number of hydrogen-bond donors (Lipinski definition) is 1. The number of Topliss-reactive ketones (excluding diaryl/α,β-unsaturated/α-hetero) is 1. The van der Waals surface area contributed by atoms with Crippen molar-refractivity contribution in [1.29, 1.82) is 0 Å². The van der Waals surface area contributed by atoms with E-state index in [1.54, 1.807) is 35.9 Å². The van der Waals surface area contributed by atoms with Crippen molar-refractivity contribution in [2.75, 3.05) is 5.75 Å². The number of fused-ring (bicyclic) bond motifs is 1. The van der Waals surface area contributed by atoms with Crippen LogP contribution in [0.15, 0.2) is 63.3 Å². The number of nitrogens with one attached hydrogen (secondary N) is 1. The van der Waals surface area contributed by atoms with Gasteiger partial charge in [-0.15, -0.1) is 0 Å². The van der Waals surface area contributed by atoms with Crippen molar-refractivity contribution >= 4 is 40.3 Å². The number of benzene rings is 2. The van der Waals surface area contributed by atoms with Crippen LogP contribution in [0.1, 0.15) is 21.5 Å². The number of nitrogens with zero attached hydrogens (tertiary/aromatic N) is 3. The molecule has 0 bridgehead atoms. The minimum absolute atomic E-state index is 0.0848. The number of carbonyl (C=O) groups is 1. The van der Waals surface area contributed by atoms with E-state index < -0.39 is 11.2 Å². The fourth-order valence-electron chi connectivity index (χ4n) is 3.20. The summed E-state index contributed by atoms with van der Waals surface area (Å²) in [5, 5.41) is 1.05. The SMILES string of the molecule is Cc1ccc(Cn2c(SCC(=O)c3ccc(Cl)cc3)nc3c2c(=O)[nH]c(=O)n3C)cc1. The van der Waals surface area contributed by atoms with Gasteiger partial charge in [-0.1, -0.05) is 53.2 Å². The van der Waals surface area contributed by atoms with Crippen molar-refractivity contribution in [2.24, 2.45) is 7.05 Å². The van der Waals surface area contributed by atoms with E-state index in [4.69, 9.17) is 11.6 Å². The smallest absolute Gasteiger partial charge is 0.309 e. The maximum absolute atomic E-state index is 12.6. The van der Waals surface area contributed by atoms with Gasteiger partial charge in [0.25, 0.3) is 5.56 Å². The molecule has 7 nitrogen and oxygen atoms in total. The summed E-state index contributed by atoms with van der Waals surface area (Å²) in [7, 11) is 1.55. The Hall–Kier alpha value is -3.10. The summed E-state index contributed by atoms with van der Waals surface area (Å²) in [5.41, 5.74) is 2.18. The third-order valence-electron chi connectivity index (χ3n) is 4.93. The molecule has 2 aromatic carbocycles. The average molecular weight is 455 g/mol. The lowest BCUT2D eigenvalue weighted by atomic mass is 10.1. The van der Waals surface area contributed by atoms with Crippen molar-refractivity contribution in [3.05, 3.63) is 91.1 Å². The molecule has 0 radical (unpaired) electrons. The van der Waals surface area contributed by atoms with Crippen LogP contribution in [-0.4, -0.2) is 30.6 Å². The molecule has 0 aliphatic rings. The topological polar surface area (TPSA) is 89.8 Å². The Balaban J connectivity index is 1.73. The van der Waals surface area contributed by atoms with Gasteiger partial charge in [0.2, 0.25) is 0 Å². The fraction of sp³-hybridized carbons (Fsp3) is 0.182. The van der Waals surface area contributed by atoms with Gasteiger partial charge < -0.3 is 4.57 Å². The summed E-state index contributed by atoms with van der Waals surface area (Å²) >= 11 is 7.12. The molecule has 9 heteroatoms. The van der Waals surface area contributed by atoms with Crippen LogP contribution in [0.5, 0.6) is 0 Å². The van der Waals surface area contributed by atoms with Gasteiger partial charge in [0.1, 0.15) is 0 Å². The average Bonchev–Trinajstić information content (AvgIpc) is 3.11. The molecule has 31 heavy (non-hydrogen) atoms. The zero-order valence-corrected chi connectivity index (χ0v) is 18.5. The van der Waals surface area contributed by atoms with Gasteiger partial charge in [-0.05, 0) is 36.8 Å². The van der Waals surface area contributed by atoms with E-state index in [0.29, 0.717) is 27.8 Å². The van der Waals surface area contributed by atoms with E-state index in [9.17, 15) is 14.4 Å². The van der Waals surface area contributed by atoms with E-state index in [2.05, 4.69) is 9.97 Å². The van der Waals surface area contributed by atoms with Gasteiger partial charge in [-0.25, -0.2) is 9.78 Å². The second kappa shape index (κ2) is 8.56. The molecule has 0 fully saturated rings. The van der Waals surface area contributed by atoms with E-state index >= 15 is 0 Å². The third-order valence-corrected chi connectivity index (χ3v) is 6.16. The highest BCUT2D eigenvalue weighted by atomic mass is 35.5. The van der Waals surface area contributed by atoms with E-state index in [1.165, 1.54) is 16.3 Å². The molecule has 4 rings (SSSR count). The zero-order valence-electron chi connectivity index (χ0n) is 16.9. The summed E-state index contributed by atoms with van der Waals surface area (Å²) in [6.45, 7) is 2.38. The van der Waals surface area contributed by atoms with Crippen LogP contribution in [0.2, 0.25) is 5.02 Å². The standard InChI is InChI=1S/C22H19ClN4O3S/c1-13-3-5-14(6-4-13)11-27-18-19(26(2)21(30)25-20(18)29)24-22(27)31-12-17(28)15-7-9-16(23)10-8-15/h3-10H,11-12H2,1-2H3,(H,25,29,30). The molecule has 1 N–H and O–H groups in total. The number of halogens is 1. The number of ketones is 1. The number of aromatic nitrogens is 4. The Morgan fingerprint density at radius 3 is 2.45 bits per heavy atom. The maximum atomic E-state index is 12.6. The second-order valence-corrected chi connectivity index (χ2v) is 8.55. The molecule has 2 heterocycles. The minimum Gasteiger partial charge on any atom is -0.309 e. The summed E-state index contributed by atoms with van der Waals surface area (Å²) in [6, 6.07) is 14.6. The molecular weight excluding hydrogens is 436 g/mol. The van der Waals surface area contributed by atoms with Crippen LogP contribution < -0.4 is 11.2 Å². The number of H-pyrrole nitrogens is 1. The Labute approximate surface area is 186 Å². The van der Waals surface area contributed by atoms with E-state index in [0.717, 1.165) is 11.1 Å². The van der Waals surface area contributed by atoms with Crippen molar-refractivity contribution in [3.8, 4) is 0 Å². The predicted octanol–water partition coefficient (Wildman–Crippen LogP) is 3.41. The lowest BCUT2D eigenvalue weighted by Gasteiger charge is -2.09. The molecule has 0 saturated carbocycles. The Kier molecular flexibility index (Phi) is 5.84. The number of rotatable bonds is 6. The van der Waals surface area contributed by atoms with Gasteiger partial charge in [-0.3, -0.25) is 19.1 Å². The molecule has 0 saturated heterocycles. The summed E-state index contributed by atoms with van der Waals surface area (Å²) in [6.07, 6.45) is 0. The highest BCUT2D eigenvalue weighted by Gasteiger charge is 2.19. The lowest BCUT2D eigenvalue weighted by molar-refractivity contribution is 0.102. The first-order valence-corrected chi connectivity index (χ1v) is 10.9. The Bertz CT molecular complexity index is 1390. The molecule has 0 spiro atoms. The molecule has 0 aliphatic carbocycles. The summed E-state index contributed by atoms with van der Waals surface area (Å²) in [5.74, 6) is 0.0449. The van der Waals surface area contributed by atoms with Gasteiger partial charge in [0, 0.05) is 17.6 Å².